The minimum atomic E-state index is -0.413. The average Bonchev–Trinajstić information content (AvgIpc) is 2.78. The summed E-state index contributed by atoms with van der Waals surface area (Å²) >= 11 is 1.60. The van der Waals surface area contributed by atoms with Crippen molar-refractivity contribution >= 4 is 27.5 Å². The fourth-order valence-corrected chi connectivity index (χ4v) is 2.64. The molecular formula is C13H17N3OS. The number of nitrogens with zero attached hydrogens (tertiary/aromatic N) is 1. The van der Waals surface area contributed by atoms with E-state index in [1.165, 1.54) is 0 Å². The van der Waals surface area contributed by atoms with E-state index in [1.54, 1.807) is 11.3 Å². The molecular weight excluding hydrogens is 246 g/mol. The van der Waals surface area contributed by atoms with Gasteiger partial charge in [0.05, 0.1) is 22.8 Å². The first-order chi connectivity index (χ1) is 8.70. The standard InChI is InChI=1S/C13H17N3OS/c1-2-5-9(14)13(17)15-8-12-16-10-6-3-4-7-11(10)18-12/h3-4,6-7,9H,2,5,8,14H2,1H3,(H,15,17)/t9-/m1/s1. The molecule has 1 heterocycles. The van der Waals surface area contributed by atoms with Crippen molar-refractivity contribution in [3.63, 3.8) is 0 Å². The third-order valence-electron chi connectivity index (χ3n) is 2.69. The molecule has 5 heteroatoms. The first kappa shape index (κ1) is 13.0. The minimum Gasteiger partial charge on any atom is -0.348 e. The number of thiazole rings is 1. The van der Waals surface area contributed by atoms with Crippen molar-refractivity contribution in [2.75, 3.05) is 0 Å². The second kappa shape index (κ2) is 5.93. The van der Waals surface area contributed by atoms with Gasteiger partial charge in [0.15, 0.2) is 0 Å². The number of carbonyl (C=O) groups excluding carboxylic acids is 1. The number of benzene rings is 1. The number of hydrogen-bond acceptors (Lipinski definition) is 4. The second-order valence-electron chi connectivity index (χ2n) is 4.19. The van der Waals surface area contributed by atoms with Crippen LogP contribution in [0.25, 0.3) is 10.2 Å². The highest BCUT2D eigenvalue weighted by Gasteiger charge is 2.12. The summed E-state index contributed by atoms with van der Waals surface area (Å²) in [5.41, 5.74) is 6.71. The first-order valence-electron chi connectivity index (χ1n) is 6.08. The lowest BCUT2D eigenvalue weighted by molar-refractivity contribution is -0.122. The fourth-order valence-electron chi connectivity index (χ4n) is 1.73. The molecule has 1 aromatic heterocycles. The Morgan fingerprint density at radius 3 is 3.00 bits per heavy atom. The summed E-state index contributed by atoms with van der Waals surface area (Å²) in [5.74, 6) is -0.101. The fraction of sp³-hybridized carbons (Fsp3) is 0.385. The highest BCUT2D eigenvalue weighted by molar-refractivity contribution is 7.18. The molecule has 0 bridgehead atoms. The van der Waals surface area contributed by atoms with Crippen molar-refractivity contribution in [2.45, 2.75) is 32.4 Å². The van der Waals surface area contributed by atoms with Crippen LogP contribution in [0.1, 0.15) is 24.8 Å². The molecule has 0 spiro atoms. The number of nitrogens with one attached hydrogen (secondary N) is 1. The largest absolute Gasteiger partial charge is 0.348 e. The molecule has 1 aromatic carbocycles. The quantitative estimate of drug-likeness (QED) is 0.867. The average molecular weight is 263 g/mol. The Hall–Kier alpha value is -1.46. The Labute approximate surface area is 110 Å². The highest BCUT2D eigenvalue weighted by Crippen LogP contribution is 2.21. The number of amides is 1. The van der Waals surface area contributed by atoms with Gasteiger partial charge < -0.3 is 11.1 Å². The molecule has 0 saturated heterocycles. The van der Waals surface area contributed by atoms with Crippen molar-refractivity contribution in [3.8, 4) is 0 Å². The topological polar surface area (TPSA) is 68.0 Å². The van der Waals surface area contributed by atoms with Gasteiger partial charge in [-0.1, -0.05) is 25.5 Å². The maximum atomic E-state index is 11.7. The van der Waals surface area contributed by atoms with E-state index in [1.807, 2.05) is 31.2 Å². The molecule has 0 aliphatic carbocycles. The first-order valence-corrected chi connectivity index (χ1v) is 6.90. The Kier molecular flexibility index (Phi) is 4.28. The van der Waals surface area contributed by atoms with E-state index in [0.29, 0.717) is 13.0 Å². The monoisotopic (exact) mass is 263 g/mol. The summed E-state index contributed by atoms with van der Waals surface area (Å²) < 4.78 is 1.14. The van der Waals surface area contributed by atoms with E-state index in [0.717, 1.165) is 21.6 Å². The molecule has 0 fully saturated rings. The molecule has 0 saturated carbocycles. The van der Waals surface area contributed by atoms with Crippen LogP contribution in [0.15, 0.2) is 24.3 Å². The van der Waals surface area contributed by atoms with E-state index >= 15 is 0 Å². The summed E-state index contributed by atoms with van der Waals surface area (Å²) in [6.45, 7) is 2.47. The van der Waals surface area contributed by atoms with E-state index < -0.39 is 6.04 Å². The molecule has 2 aromatic rings. The molecule has 4 nitrogen and oxygen atoms in total. The summed E-state index contributed by atoms with van der Waals surface area (Å²) in [4.78, 5) is 16.1. The van der Waals surface area contributed by atoms with Gasteiger partial charge in [-0.2, -0.15) is 0 Å². The lowest BCUT2D eigenvalue weighted by Gasteiger charge is -2.09. The molecule has 3 N–H and O–H groups in total. The summed E-state index contributed by atoms with van der Waals surface area (Å²) in [6, 6.07) is 7.53. The zero-order valence-corrected chi connectivity index (χ0v) is 11.2. The van der Waals surface area contributed by atoms with Gasteiger partial charge >= 0.3 is 0 Å². The normalized spacial score (nSPS) is 12.6. The molecule has 1 atom stereocenters. The third kappa shape index (κ3) is 3.05. The number of aromatic nitrogens is 1. The Morgan fingerprint density at radius 2 is 2.28 bits per heavy atom. The van der Waals surface area contributed by atoms with Crippen LogP contribution in [-0.2, 0) is 11.3 Å². The van der Waals surface area contributed by atoms with Crippen LogP contribution in [0.2, 0.25) is 0 Å². The van der Waals surface area contributed by atoms with Gasteiger partial charge in [0.1, 0.15) is 5.01 Å². The van der Waals surface area contributed by atoms with Gasteiger partial charge in [0, 0.05) is 0 Å². The van der Waals surface area contributed by atoms with Crippen LogP contribution < -0.4 is 11.1 Å². The number of fused-ring (bicyclic) bond motifs is 1. The number of para-hydroxylation sites is 1. The predicted molar refractivity (Wildman–Crippen MR) is 74.4 cm³/mol. The molecule has 2 rings (SSSR count). The second-order valence-corrected chi connectivity index (χ2v) is 5.30. The van der Waals surface area contributed by atoms with Crippen LogP contribution >= 0.6 is 11.3 Å². The van der Waals surface area contributed by atoms with Gasteiger partial charge in [-0.25, -0.2) is 4.98 Å². The van der Waals surface area contributed by atoms with E-state index in [4.69, 9.17) is 5.73 Å². The maximum Gasteiger partial charge on any atom is 0.237 e. The minimum absolute atomic E-state index is 0.101. The molecule has 0 aliphatic rings. The molecule has 0 aliphatic heterocycles. The number of carbonyl (C=O) groups is 1. The van der Waals surface area contributed by atoms with Crippen LogP contribution in [0.4, 0.5) is 0 Å². The van der Waals surface area contributed by atoms with Crippen LogP contribution in [0.5, 0.6) is 0 Å². The zero-order chi connectivity index (χ0) is 13.0. The Balaban J connectivity index is 1.95. The van der Waals surface area contributed by atoms with Gasteiger partial charge in [-0.15, -0.1) is 11.3 Å². The number of rotatable bonds is 5. The van der Waals surface area contributed by atoms with E-state index in [2.05, 4.69) is 10.3 Å². The SMILES string of the molecule is CCC[C@@H](N)C(=O)NCc1nc2ccccc2s1. The van der Waals surface area contributed by atoms with Crippen LogP contribution in [0, 0.1) is 0 Å². The van der Waals surface area contributed by atoms with Crippen LogP contribution in [-0.4, -0.2) is 16.9 Å². The van der Waals surface area contributed by atoms with Crippen LogP contribution in [0.3, 0.4) is 0 Å². The van der Waals surface area contributed by atoms with Gasteiger partial charge in [0.25, 0.3) is 0 Å². The van der Waals surface area contributed by atoms with Crippen molar-refractivity contribution in [1.82, 2.24) is 10.3 Å². The van der Waals surface area contributed by atoms with Crippen molar-refractivity contribution < 1.29 is 4.79 Å². The van der Waals surface area contributed by atoms with E-state index in [9.17, 15) is 4.79 Å². The smallest absolute Gasteiger partial charge is 0.237 e. The van der Waals surface area contributed by atoms with Crippen molar-refractivity contribution in [2.24, 2.45) is 5.73 Å². The summed E-state index contributed by atoms with van der Waals surface area (Å²) in [6.07, 6.45) is 1.63. The number of hydrogen-bond donors (Lipinski definition) is 2. The van der Waals surface area contributed by atoms with Crippen molar-refractivity contribution in [1.29, 1.82) is 0 Å². The lowest BCUT2D eigenvalue weighted by atomic mass is 10.2. The van der Waals surface area contributed by atoms with Gasteiger partial charge in [-0.3, -0.25) is 4.79 Å². The Bertz CT molecular complexity index is 505. The number of nitrogens with two attached hydrogens (primary N) is 1. The third-order valence-corrected chi connectivity index (χ3v) is 3.72. The summed E-state index contributed by atoms with van der Waals surface area (Å²) in [7, 11) is 0. The highest BCUT2D eigenvalue weighted by atomic mass is 32.1. The molecule has 0 radical (unpaired) electrons. The summed E-state index contributed by atoms with van der Waals surface area (Å²) in [5, 5.41) is 3.74. The maximum absolute atomic E-state index is 11.7. The van der Waals surface area contributed by atoms with Crippen molar-refractivity contribution in [3.05, 3.63) is 29.3 Å². The zero-order valence-electron chi connectivity index (χ0n) is 10.3. The lowest BCUT2D eigenvalue weighted by Crippen LogP contribution is -2.40. The predicted octanol–water partition coefficient (Wildman–Crippen LogP) is 2.04. The molecule has 0 unspecified atom stereocenters. The Morgan fingerprint density at radius 1 is 1.50 bits per heavy atom. The molecule has 1 amide bonds. The molecule has 18 heavy (non-hydrogen) atoms. The van der Waals surface area contributed by atoms with E-state index in [-0.39, 0.29) is 5.91 Å². The van der Waals surface area contributed by atoms with Gasteiger partial charge in [-0.05, 0) is 18.6 Å². The van der Waals surface area contributed by atoms with Gasteiger partial charge in [0.2, 0.25) is 5.91 Å². The molecule has 96 valence electrons.